The fourth-order valence-corrected chi connectivity index (χ4v) is 3.12. The van der Waals surface area contributed by atoms with Gasteiger partial charge in [0.2, 0.25) is 0 Å². The molecule has 0 fully saturated rings. The number of carbonyl (C=O) groups is 1. The Morgan fingerprint density at radius 2 is 1.76 bits per heavy atom. The highest BCUT2D eigenvalue weighted by atomic mass is 79.9. The van der Waals surface area contributed by atoms with Gasteiger partial charge in [0, 0.05) is 10.9 Å². The van der Waals surface area contributed by atoms with Crippen LogP contribution in [0.2, 0.25) is 0 Å². The van der Waals surface area contributed by atoms with Crippen molar-refractivity contribution >= 4 is 32.8 Å². The number of ether oxygens (including phenoxy) is 2. The predicted octanol–water partition coefficient (Wildman–Crippen LogP) is 4.70. The van der Waals surface area contributed by atoms with Gasteiger partial charge in [-0.1, -0.05) is 18.2 Å². The molecule has 5 nitrogen and oxygen atoms in total. The summed E-state index contributed by atoms with van der Waals surface area (Å²) in [7, 11) is 3.08. The zero-order valence-electron chi connectivity index (χ0n) is 14.1. The molecule has 0 aliphatic heterocycles. The van der Waals surface area contributed by atoms with Crippen molar-refractivity contribution in [3.8, 4) is 11.5 Å². The molecular formula is C19H18BrNO4. The van der Waals surface area contributed by atoms with E-state index in [0.29, 0.717) is 27.3 Å². The van der Waals surface area contributed by atoms with Gasteiger partial charge in [0.15, 0.2) is 0 Å². The van der Waals surface area contributed by atoms with Crippen LogP contribution in [0, 0.1) is 0 Å². The maximum atomic E-state index is 12.6. The van der Waals surface area contributed by atoms with E-state index >= 15 is 0 Å². The number of hydrogen-bond donors (Lipinski definition) is 1. The Hall–Kier alpha value is -2.47. The average molecular weight is 404 g/mol. The van der Waals surface area contributed by atoms with Crippen molar-refractivity contribution in [1.82, 2.24) is 5.32 Å². The molecule has 0 saturated heterocycles. The number of nitrogens with one attached hydrogen (secondary N) is 1. The zero-order valence-corrected chi connectivity index (χ0v) is 15.7. The Kier molecular flexibility index (Phi) is 4.99. The highest BCUT2D eigenvalue weighted by Crippen LogP contribution is 2.35. The Morgan fingerprint density at radius 1 is 1.12 bits per heavy atom. The lowest BCUT2D eigenvalue weighted by Gasteiger charge is -2.14. The van der Waals surface area contributed by atoms with Crippen molar-refractivity contribution in [2.24, 2.45) is 0 Å². The number of hydrogen-bond acceptors (Lipinski definition) is 4. The highest BCUT2D eigenvalue weighted by Gasteiger charge is 2.18. The second kappa shape index (κ2) is 7.19. The van der Waals surface area contributed by atoms with E-state index in [1.165, 1.54) is 14.2 Å². The number of carbonyl (C=O) groups excluding carboxylic acids is 1. The van der Waals surface area contributed by atoms with E-state index in [-0.39, 0.29) is 11.9 Å². The number of halogens is 1. The van der Waals surface area contributed by atoms with Crippen LogP contribution in [0.1, 0.15) is 29.1 Å². The van der Waals surface area contributed by atoms with Crippen LogP contribution in [0.4, 0.5) is 0 Å². The summed E-state index contributed by atoms with van der Waals surface area (Å²) >= 11 is 3.40. The number of benzene rings is 2. The molecule has 1 heterocycles. The van der Waals surface area contributed by atoms with Crippen molar-refractivity contribution in [1.29, 1.82) is 0 Å². The van der Waals surface area contributed by atoms with Gasteiger partial charge in [0.1, 0.15) is 27.3 Å². The number of amides is 1. The number of rotatable bonds is 5. The third-order valence-electron chi connectivity index (χ3n) is 3.93. The second-order valence-electron chi connectivity index (χ2n) is 5.58. The molecule has 3 aromatic rings. The van der Waals surface area contributed by atoms with Crippen LogP contribution in [0.15, 0.2) is 51.4 Å². The minimum absolute atomic E-state index is 0.239. The first kappa shape index (κ1) is 17.4. The normalized spacial score (nSPS) is 12.0. The number of fused-ring (bicyclic) bond motifs is 1. The van der Waals surface area contributed by atoms with Gasteiger partial charge in [-0.25, -0.2) is 0 Å². The lowest BCUT2D eigenvalue weighted by Crippen LogP contribution is -2.26. The molecule has 130 valence electrons. The SMILES string of the molecule is COc1cc(C(=O)N[C@H](C)c2cc3ccccc3o2)cc(OC)c1Br. The molecule has 0 bridgehead atoms. The first-order valence-corrected chi connectivity index (χ1v) is 8.53. The average Bonchev–Trinajstić information content (AvgIpc) is 3.06. The first-order valence-electron chi connectivity index (χ1n) is 7.74. The van der Waals surface area contributed by atoms with Crippen molar-refractivity contribution in [2.75, 3.05) is 14.2 Å². The second-order valence-corrected chi connectivity index (χ2v) is 6.37. The van der Waals surface area contributed by atoms with Gasteiger partial charge < -0.3 is 19.2 Å². The fourth-order valence-electron chi connectivity index (χ4n) is 2.57. The minimum Gasteiger partial charge on any atom is -0.495 e. The summed E-state index contributed by atoms with van der Waals surface area (Å²) in [6.45, 7) is 1.88. The Labute approximate surface area is 154 Å². The van der Waals surface area contributed by atoms with Gasteiger partial charge in [-0.15, -0.1) is 0 Å². The van der Waals surface area contributed by atoms with Crippen LogP contribution in [0.3, 0.4) is 0 Å². The summed E-state index contributed by atoms with van der Waals surface area (Å²) in [5.41, 5.74) is 1.24. The summed E-state index contributed by atoms with van der Waals surface area (Å²) in [6, 6.07) is 12.7. The molecule has 0 aliphatic carbocycles. The van der Waals surface area contributed by atoms with Crippen molar-refractivity contribution in [3.63, 3.8) is 0 Å². The van der Waals surface area contributed by atoms with E-state index in [1.54, 1.807) is 12.1 Å². The van der Waals surface area contributed by atoms with E-state index in [1.807, 2.05) is 37.3 Å². The van der Waals surface area contributed by atoms with Crippen molar-refractivity contribution < 1.29 is 18.7 Å². The molecule has 1 atom stereocenters. The maximum Gasteiger partial charge on any atom is 0.252 e. The van der Waals surface area contributed by atoms with Gasteiger partial charge in [-0.2, -0.15) is 0 Å². The molecule has 0 radical (unpaired) electrons. The molecule has 0 aliphatic rings. The molecule has 25 heavy (non-hydrogen) atoms. The molecule has 0 spiro atoms. The van der Waals surface area contributed by atoms with E-state index in [0.717, 1.165) is 11.0 Å². The lowest BCUT2D eigenvalue weighted by molar-refractivity contribution is 0.0935. The van der Waals surface area contributed by atoms with Crippen LogP contribution in [-0.4, -0.2) is 20.1 Å². The summed E-state index contributed by atoms with van der Waals surface area (Å²) in [5, 5.41) is 3.94. The quantitative estimate of drug-likeness (QED) is 0.670. The van der Waals surface area contributed by atoms with Crippen LogP contribution >= 0.6 is 15.9 Å². The third-order valence-corrected chi connectivity index (χ3v) is 4.71. The summed E-state index contributed by atoms with van der Waals surface area (Å²) in [6.07, 6.45) is 0. The van der Waals surface area contributed by atoms with Gasteiger partial charge in [-0.3, -0.25) is 4.79 Å². The van der Waals surface area contributed by atoms with Crippen LogP contribution in [0.25, 0.3) is 11.0 Å². The number of methoxy groups -OCH3 is 2. The maximum absolute atomic E-state index is 12.6. The van der Waals surface area contributed by atoms with E-state index in [9.17, 15) is 4.79 Å². The standard InChI is InChI=1S/C19H18BrNO4/c1-11(15-8-12-6-4-5-7-14(12)25-15)21-19(22)13-9-16(23-2)18(20)17(10-13)24-3/h4-11H,1-3H3,(H,21,22)/t11-/m1/s1. The smallest absolute Gasteiger partial charge is 0.252 e. The molecule has 1 aromatic heterocycles. The van der Waals surface area contributed by atoms with E-state index < -0.39 is 0 Å². The van der Waals surface area contributed by atoms with Crippen molar-refractivity contribution in [3.05, 3.63) is 58.3 Å². The first-order chi connectivity index (χ1) is 12.0. The van der Waals surface area contributed by atoms with Gasteiger partial charge in [0.25, 0.3) is 5.91 Å². The largest absolute Gasteiger partial charge is 0.495 e. The predicted molar refractivity (Wildman–Crippen MR) is 99.3 cm³/mol. The topological polar surface area (TPSA) is 60.7 Å². The molecule has 0 unspecified atom stereocenters. The van der Waals surface area contributed by atoms with Crippen molar-refractivity contribution in [2.45, 2.75) is 13.0 Å². The highest BCUT2D eigenvalue weighted by molar-refractivity contribution is 9.10. The van der Waals surface area contributed by atoms with Gasteiger partial charge in [-0.05, 0) is 47.1 Å². The number of furan rings is 1. The molecule has 3 rings (SSSR count). The monoisotopic (exact) mass is 403 g/mol. The van der Waals surface area contributed by atoms with Gasteiger partial charge in [0.05, 0.1) is 20.3 Å². The fraction of sp³-hybridized carbons (Fsp3) is 0.211. The molecule has 6 heteroatoms. The zero-order chi connectivity index (χ0) is 18.0. The molecule has 2 aromatic carbocycles. The summed E-state index contributed by atoms with van der Waals surface area (Å²) in [5.74, 6) is 1.52. The number of para-hydroxylation sites is 1. The van der Waals surface area contributed by atoms with Crippen LogP contribution < -0.4 is 14.8 Å². The minimum atomic E-state index is -0.277. The third kappa shape index (κ3) is 3.49. The summed E-state index contributed by atoms with van der Waals surface area (Å²) in [4.78, 5) is 12.6. The molecular weight excluding hydrogens is 386 g/mol. The van der Waals surface area contributed by atoms with Crippen LogP contribution in [0.5, 0.6) is 11.5 Å². The Balaban J connectivity index is 1.83. The Bertz CT molecular complexity index is 861. The Morgan fingerprint density at radius 3 is 2.36 bits per heavy atom. The molecule has 1 amide bonds. The molecule has 1 N–H and O–H groups in total. The molecule has 0 saturated carbocycles. The van der Waals surface area contributed by atoms with E-state index in [4.69, 9.17) is 13.9 Å². The summed E-state index contributed by atoms with van der Waals surface area (Å²) < 4.78 is 17.0. The lowest BCUT2D eigenvalue weighted by atomic mass is 10.1. The van der Waals surface area contributed by atoms with Crippen LogP contribution in [-0.2, 0) is 0 Å². The van der Waals surface area contributed by atoms with Gasteiger partial charge >= 0.3 is 0 Å². The van der Waals surface area contributed by atoms with E-state index in [2.05, 4.69) is 21.2 Å².